The van der Waals surface area contributed by atoms with E-state index in [9.17, 15) is 22.4 Å². The molecular weight excluding hydrogens is 372 g/mol. The Hall–Kier alpha value is -2.44. The first kappa shape index (κ1) is 18.9. The zero-order chi connectivity index (χ0) is 20.2. The Morgan fingerprint density at radius 2 is 1.82 bits per heavy atom. The van der Waals surface area contributed by atoms with Crippen LogP contribution in [0.1, 0.15) is 37.3 Å². The van der Waals surface area contributed by atoms with Crippen molar-refractivity contribution in [1.82, 2.24) is 4.98 Å². The van der Waals surface area contributed by atoms with Crippen molar-refractivity contribution < 1.29 is 22.4 Å². The van der Waals surface area contributed by atoms with E-state index >= 15 is 0 Å². The van der Waals surface area contributed by atoms with Gasteiger partial charge in [-0.3, -0.25) is 4.79 Å². The van der Waals surface area contributed by atoms with Crippen LogP contribution in [0.15, 0.2) is 42.6 Å². The van der Waals surface area contributed by atoms with Gasteiger partial charge in [-0.05, 0) is 54.5 Å². The molecule has 1 unspecified atom stereocenters. The van der Waals surface area contributed by atoms with Crippen molar-refractivity contribution >= 4 is 11.6 Å². The highest BCUT2D eigenvalue weighted by molar-refractivity contribution is 5.84. The van der Waals surface area contributed by atoms with E-state index in [0.717, 1.165) is 11.6 Å². The quantitative estimate of drug-likeness (QED) is 0.702. The predicted molar refractivity (Wildman–Crippen MR) is 96.2 cm³/mol. The van der Waals surface area contributed by atoms with Crippen LogP contribution in [0.4, 0.5) is 23.4 Å². The zero-order valence-corrected chi connectivity index (χ0v) is 15.3. The number of alkyl halides is 3. The molecule has 3 aliphatic rings. The highest BCUT2D eigenvalue weighted by Gasteiger charge is 2.70. The minimum absolute atomic E-state index is 0.0775. The van der Waals surface area contributed by atoms with E-state index in [1.807, 2.05) is 6.92 Å². The highest BCUT2D eigenvalue weighted by atomic mass is 19.4. The van der Waals surface area contributed by atoms with Gasteiger partial charge < -0.3 is 5.32 Å². The van der Waals surface area contributed by atoms with Crippen molar-refractivity contribution in [3.8, 4) is 0 Å². The van der Waals surface area contributed by atoms with Gasteiger partial charge in [-0.15, -0.1) is 0 Å². The average Bonchev–Trinajstić information content (AvgIpc) is 2.57. The molecule has 7 heteroatoms. The van der Waals surface area contributed by atoms with Gasteiger partial charge >= 0.3 is 6.18 Å². The Morgan fingerprint density at radius 1 is 1.18 bits per heavy atom. The number of Topliss-reactive ketones (excluding diaryl/α,β-unsaturated/α-hetero) is 1. The predicted octanol–water partition coefficient (Wildman–Crippen LogP) is 5.02. The molecule has 0 amide bonds. The number of hydrogen-bond donors (Lipinski definition) is 1. The third-order valence-corrected chi connectivity index (χ3v) is 6.26. The van der Waals surface area contributed by atoms with Crippen LogP contribution in [0.5, 0.6) is 0 Å². The van der Waals surface area contributed by atoms with E-state index in [2.05, 4.69) is 10.3 Å². The number of aromatic nitrogens is 1. The number of nitrogens with one attached hydrogen (secondary N) is 1. The molecule has 0 spiro atoms. The first-order valence-electron chi connectivity index (χ1n) is 9.20. The summed E-state index contributed by atoms with van der Waals surface area (Å²) in [6, 6.07) is 8.16. The standard InChI is InChI=1S/C21H20F4N2O/c1-13(17(28)9-14-4-6-15(22)7-5-14)19-10-20(11-19,12-19)27-18-16(21(23,24)25)3-2-8-26-18/h2-8,13H,9-12H2,1H3,(H,26,27). The van der Waals surface area contributed by atoms with Crippen molar-refractivity contribution in [3.63, 3.8) is 0 Å². The third-order valence-electron chi connectivity index (χ3n) is 6.26. The van der Waals surface area contributed by atoms with Crippen LogP contribution in [0.2, 0.25) is 0 Å². The van der Waals surface area contributed by atoms with Crippen molar-refractivity contribution in [2.45, 2.75) is 44.3 Å². The van der Waals surface area contributed by atoms with Crippen LogP contribution >= 0.6 is 0 Å². The number of ketones is 1. The van der Waals surface area contributed by atoms with Crippen LogP contribution in [-0.2, 0) is 17.4 Å². The number of hydrogen-bond acceptors (Lipinski definition) is 3. The van der Waals surface area contributed by atoms with Gasteiger partial charge in [-0.25, -0.2) is 9.37 Å². The molecule has 3 fully saturated rings. The Bertz CT molecular complexity index is 888. The number of carbonyl (C=O) groups is 1. The molecule has 3 saturated carbocycles. The van der Waals surface area contributed by atoms with E-state index < -0.39 is 17.3 Å². The summed E-state index contributed by atoms with van der Waals surface area (Å²) in [5.74, 6) is -0.598. The normalized spacial score (nSPS) is 26.8. The van der Waals surface area contributed by atoms with Gasteiger partial charge in [0.25, 0.3) is 0 Å². The second-order valence-corrected chi connectivity index (χ2v) is 8.19. The fourth-order valence-corrected chi connectivity index (χ4v) is 4.74. The molecule has 3 nitrogen and oxygen atoms in total. The second kappa shape index (κ2) is 6.29. The lowest BCUT2D eigenvalue weighted by Gasteiger charge is -2.73. The lowest BCUT2D eigenvalue weighted by molar-refractivity contribution is -0.168. The summed E-state index contributed by atoms with van der Waals surface area (Å²) in [6.45, 7) is 1.89. The molecule has 3 aliphatic carbocycles. The molecule has 5 rings (SSSR count). The first-order chi connectivity index (χ1) is 13.1. The molecule has 1 aromatic carbocycles. The summed E-state index contributed by atoms with van der Waals surface area (Å²) in [4.78, 5) is 16.5. The van der Waals surface area contributed by atoms with Crippen molar-refractivity contribution in [1.29, 1.82) is 0 Å². The molecule has 0 aliphatic heterocycles. The van der Waals surface area contributed by atoms with E-state index in [1.54, 1.807) is 12.1 Å². The summed E-state index contributed by atoms with van der Waals surface area (Å²) < 4.78 is 52.5. The summed E-state index contributed by atoms with van der Waals surface area (Å²) in [5, 5.41) is 2.99. The van der Waals surface area contributed by atoms with Crippen LogP contribution < -0.4 is 5.32 Å². The largest absolute Gasteiger partial charge is 0.419 e. The molecule has 148 valence electrons. The van der Waals surface area contributed by atoms with Crippen LogP contribution in [0.3, 0.4) is 0 Å². The van der Waals surface area contributed by atoms with Gasteiger partial charge in [0, 0.05) is 24.1 Å². The lowest BCUT2D eigenvalue weighted by Crippen LogP contribution is -2.73. The maximum Gasteiger partial charge on any atom is 0.419 e. The van der Waals surface area contributed by atoms with E-state index in [-0.39, 0.29) is 35.2 Å². The number of anilines is 1. The minimum Gasteiger partial charge on any atom is -0.364 e. The number of rotatable bonds is 6. The zero-order valence-electron chi connectivity index (χ0n) is 15.3. The van der Waals surface area contributed by atoms with Crippen LogP contribution in [0, 0.1) is 17.2 Å². The maximum atomic E-state index is 13.2. The highest BCUT2D eigenvalue weighted by Crippen LogP contribution is 2.71. The van der Waals surface area contributed by atoms with E-state index in [1.165, 1.54) is 24.4 Å². The Balaban J connectivity index is 1.39. The Labute approximate surface area is 160 Å². The molecule has 1 N–H and O–H groups in total. The summed E-state index contributed by atoms with van der Waals surface area (Å²) >= 11 is 0. The molecule has 1 heterocycles. The number of nitrogens with zero attached hydrogens (tertiary/aromatic N) is 1. The molecule has 0 saturated heterocycles. The Morgan fingerprint density at radius 3 is 2.43 bits per heavy atom. The average molecular weight is 392 g/mol. The van der Waals surface area contributed by atoms with E-state index in [0.29, 0.717) is 19.3 Å². The third kappa shape index (κ3) is 3.16. The number of carbonyl (C=O) groups excluding carboxylic acids is 1. The van der Waals surface area contributed by atoms with Gasteiger partial charge in [0.05, 0.1) is 5.56 Å². The summed E-state index contributed by atoms with van der Waals surface area (Å²) in [6.07, 6.45) is -0.912. The molecule has 0 radical (unpaired) electrons. The van der Waals surface area contributed by atoms with E-state index in [4.69, 9.17) is 0 Å². The summed E-state index contributed by atoms with van der Waals surface area (Å²) in [5.41, 5.74) is -0.564. The fourth-order valence-electron chi connectivity index (χ4n) is 4.74. The smallest absolute Gasteiger partial charge is 0.364 e. The fraction of sp³-hybridized carbons (Fsp3) is 0.429. The lowest BCUT2D eigenvalue weighted by atomic mass is 9.35. The first-order valence-corrected chi connectivity index (χ1v) is 9.20. The number of benzene rings is 1. The molecular formula is C21H20F4N2O. The SMILES string of the molecule is CC(C(=O)Cc1ccc(F)cc1)C12CC(Nc3ncccc3C(F)(F)F)(C1)C2. The maximum absolute atomic E-state index is 13.2. The molecule has 2 bridgehead atoms. The van der Waals surface area contributed by atoms with Gasteiger partial charge in [-0.1, -0.05) is 19.1 Å². The second-order valence-electron chi connectivity index (χ2n) is 8.19. The van der Waals surface area contributed by atoms with Crippen molar-refractivity contribution in [2.24, 2.45) is 11.3 Å². The molecule has 1 atom stereocenters. The number of halogens is 4. The number of pyridine rings is 1. The van der Waals surface area contributed by atoms with Crippen LogP contribution in [-0.4, -0.2) is 16.3 Å². The molecule has 1 aromatic heterocycles. The topological polar surface area (TPSA) is 42.0 Å². The van der Waals surface area contributed by atoms with Crippen molar-refractivity contribution in [2.75, 3.05) is 5.32 Å². The van der Waals surface area contributed by atoms with Crippen LogP contribution in [0.25, 0.3) is 0 Å². The molecule has 28 heavy (non-hydrogen) atoms. The van der Waals surface area contributed by atoms with Gasteiger partial charge in [0.1, 0.15) is 17.4 Å². The minimum atomic E-state index is -4.46. The van der Waals surface area contributed by atoms with Gasteiger partial charge in [0.2, 0.25) is 0 Å². The van der Waals surface area contributed by atoms with Gasteiger partial charge in [-0.2, -0.15) is 13.2 Å². The van der Waals surface area contributed by atoms with Crippen molar-refractivity contribution in [3.05, 3.63) is 59.5 Å². The Kier molecular flexibility index (Phi) is 4.25. The van der Waals surface area contributed by atoms with Gasteiger partial charge in [0.15, 0.2) is 0 Å². The monoisotopic (exact) mass is 392 g/mol. The summed E-state index contributed by atoms with van der Waals surface area (Å²) in [7, 11) is 0. The molecule has 2 aromatic rings.